The first-order valence-corrected chi connectivity index (χ1v) is 13.9. The maximum Gasteiger partial charge on any atom is 0.269 e. The van der Waals surface area contributed by atoms with Gasteiger partial charge in [-0.05, 0) is 34.7 Å². The number of nitro benzene ring substituents is 1. The van der Waals surface area contributed by atoms with Crippen LogP contribution in [0.3, 0.4) is 0 Å². The van der Waals surface area contributed by atoms with Gasteiger partial charge in [0.25, 0.3) is 5.69 Å². The second-order valence-electron chi connectivity index (χ2n) is 9.41. The molecular weight excluding hydrogens is 522 g/mol. The minimum Gasteiger partial charge on any atom is -0.354 e. The van der Waals surface area contributed by atoms with Gasteiger partial charge in [0.05, 0.1) is 10.7 Å². The zero-order chi connectivity index (χ0) is 27.5. The highest BCUT2D eigenvalue weighted by Gasteiger charge is 2.30. The van der Waals surface area contributed by atoms with Gasteiger partial charge in [-0.15, -0.1) is 11.8 Å². The Morgan fingerprint density at radius 1 is 0.974 bits per heavy atom. The van der Waals surface area contributed by atoms with E-state index in [9.17, 15) is 19.7 Å². The summed E-state index contributed by atoms with van der Waals surface area (Å²) in [6.45, 7) is 4.80. The Hall–Kier alpha value is -3.36. The summed E-state index contributed by atoms with van der Waals surface area (Å²) >= 11 is 7.62. The third-order valence-electron chi connectivity index (χ3n) is 5.84. The van der Waals surface area contributed by atoms with Crippen molar-refractivity contribution in [1.29, 1.82) is 0 Å². The monoisotopic (exact) mass is 553 g/mol. The largest absolute Gasteiger partial charge is 0.354 e. The number of carbonyl (C=O) groups is 2. The van der Waals surface area contributed by atoms with Crippen LogP contribution in [0, 0.1) is 16.0 Å². The van der Waals surface area contributed by atoms with Crippen LogP contribution in [0.5, 0.6) is 0 Å². The van der Waals surface area contributed by atoms with E-state index in [-0.39, 0.29) is 35.7 Å². The highest BCUT2D eigenvalue weighted by molar-refractivity contribution is 7.99. The Balaban J connectivity index is 1.82. The summed E-state index contributed by atoms with van der Waals surface area (Å²) in [5.41, 5.74) is 2.70. The van der Waals surface area contributed by atoms with Crippen LogP contribution in [-0.4, -0.2) is 40.0 Å². The third-order valence-corrected chi connectivity index (χ3v) is 7.06. The van der Waals surface area contributed by atoms with E-state index < -0.39 is 11.0 Å². The molecule has 38 heavy (non-hydrogen) atoms. The van der Waals surface area contributed by atoms with E-state index in [1.165, 1.54) is 23.9 Å². The predicted octanol–water partition coefficient (Wildman–Crippen LogP) is 5.89. The average Bonchev–Trinajstić information content (AvgIpc) is 2.90. The smallest absolute Gasteiger partial charge is 0.269 e. The van der Waals surface area contributed by atoms with Gasteiger partial charge in [0.2, 0.25) is 11.8 Å². The van der Waals surface area contributed by atoms with Crippen molar-refractivity contribution >= 4 is 40.9 Å². The lowest BCUT2D eigenvalue weighted by Gasteiger charge is -2.32. The summed E-state index contributed by atoms with van der Waals surface area (Å²) < 4.78 is 0. The number of nitrogens with one attached hydrogen (secondary N) is 1. The molecule has 0 fully saturated rings. The molecule has 0 radical (unpaired) electrons. The summed E-state index contributed by atoms with van der Waals surface area (Å²) in [5, 5.41) is 14.5. The molecule has 3 aromatic carbocycles. The summed E-state index contributed by atoms with van der Waals surface area (Å²) in [5.74, 6) is 0.569. The van der Waals surface area contributed by atoms with Gasteiger partial charge in [-0.25, -0.2) is 0 Å². The first kappa shape index (κ1) is 29.2. The minimum absolute atomic E-state index is 0.0266. The zero-order valence-corrected chi connectivity index (χ0v) is 23.1. The molecule has 1 atom stereocenters. The van der Waals surface area contributed by atoms with Crippen molar-refractivity contribution in [2.24, 2.45) is 5.92 Å². The minimum atomic E-state index is -0.706. The van der Waals surface area contributed by atoms with Crippen LogP contribution < -0.4 is 5.32 Å². The molecular formula is C29H32ClN3O4S. The Labute approximate surface area is 232 Å². The first-order valence-electron chi connectivity index (χ1n) is 12.4. The van der Waals surface area contributed by atoms with Crippen LogP contribution in [0.25, 0.3) is 0 Å². The SMILES string of the molecule is CC(C)CNC(=O)[C@@H](Cc1ccccc1)N(Cc1cccc(Cl)c1)C(=O)CSCc1ccc([N+](=O)[O-])cc1. The maximum atomic E-state index is 13.6. The van der Waals surface area contributed by atoms with Crippen molar-refractivity contribution in [3.8, 4) is 0 Å². The maximum absolute atomic E-state index is 13.6. The fourth-order valence-electron chi connectivity index (χ4n) is 3.86. The Morgan fingerprint density at radius 3 is 2.29 bits per heavy atom. The van der Waals surface area contributed by atoms with Crippen molar-refractivity contribution in [2.75, 3.05) is 12.3 Å². The Kier molecular flexibility index (Phi) is 11.2. The fourth-order valence-corrected chi connectivity index (χ4v) is 4.95. The second kappa shape index (κ2) is 14.5. The van der Waals surface area contributed by atoms with E-state index in [2.05, 4.69) is 5.32 Å². The average molecular weight is 554 g/mol. The molecule has 7 nitrogen and oxygen atoms in total. The summed E-state index contributed by atoms with van der Waals surface area (Å²) in [6, 6.07) is 22.5. The molecule has 200 valence electrons. The number of non-ortho nitro benzene ring substituents is 1. The molecule has 0 unspecified atom stereocenters. The van der Waals surface area contributed by atoms with Crippen LogP contribution in [0.15, 0.2) is 78.9 Å². The third kappa shape index (κ3) is 9.19. The predicted molar refractivity (Wildman–Crippen MR) is 153 cm³/mol. The molecule has 0 aliphatic rings. The first-order chi connectivity index (χ1) is 18.2. The van der Waals surface area contributed by atoms with Crippen LogP contribution in [0.2, 0.25) is 5.02 Å². The number of benzene rings is 3. The topological polar surface area (TPSA) is 92.6 Å². The fraction of sp³-hybridized carbons (Fsp3) is 0.310. The number of hydrogen-bond acceptors (Lipinski definition) is 5. The molecule has 0 aliphatic carbocycles. The van der Waals surface area contributed by atoms with Gasteiger partial charge in [-0.3, -0.25) is 19.7 Å². The standard InChI is InChI=1S/C29H32ClN3O4S/c1-21(2)17-31-29(35)27(16-22-7-4-3-5-8-22)32(18-24-9-6-10-25(30)15-24)28(34)20-38-19-23-11-13-26(14-12-23)33(36)37/h3-15,21,27H,16-20H2,1-2H3,(H,31,35)/t27-/m1/s1. The normalized spacial score (nSPS) is 11.7. The van der Waals surface area contributed by atoms with Gasteiger partial charge in [-0.1, -0.05) is 80.0 Å². The van der Waals surface area contributed by atoms with Gasteiger partial charge >= 0.3 is 0 Å². The van der Waals surface area contributed by atoms with E-state index in [1.807, 2.05) is 56.3 Å². The van der Waals surface area contributed by atoms with E-state index >= 15 is 0 Å². The van der Waals surface area contributed by atoms with Crippen molar-refractivity contribution in [3.63, 3.8) is 0 Å². The van der Waals surface area contributed by atoms with E-state index in [1.54, 1.807) is 29.2 Å². The van der Waals surface area contributed by atoms with Crippen LogP contribution >= 0.6 is 23.4 Å². The molecule has 0 saturated heterocycles. The number of hydrogen-bond donors (Lipinski definition) is 1. The number of carbonyl (C=O) groups excluding carboxylic acids is 2. The van der Waals surface area contributed by atoms with E-state index in [4.69, 9.17) is 11.6 Å². The van der Waals surface area contributed by atoms with Crippen molar-refractivity contribution in [3.05, 3.63) is 111 Å². The molecule has 0 heterocycles. The molecule has 0 spiro atoms. The van der Waals surface area contributed by atoms with Gasteiger partial charge in [0, 0.05) is 42.4 Å². The number of nitro groups is 1. The molecule has 9 heteroatoms. The quantitative estimate of drug-likeness (QED) is 0.210. The number of thioether (sulfide) groups is 1. The molecule has 3 aromatic rings. The van der Waals surface area contributed by atoms with Gasteiger partial charge < -0.3 is 10.2 Å². The molecule has 0 aliphatic heterocycles. The van der Waals surface area contributed by atoms with Gasteiger partial charge in [-0.2, -0.15) is 0 Å². The molecule has 2 amide bonds. The van der Waals surface area contributed by atoms with Gasteiger partial charge in [0.1, 0.15) is 6.04 Å². The number of nitrogens with zero attached hydrogens (tertiary/aromatic N) is 2. The molecule has 3 rings (SSSR count). The molecule has 0 saturated carbocycles. The van der Waals surface area contributed by atoms with Crippen LogP contribution in [0.1, 0.15) is 30.5 Å². The molecule has 0 bridgehead atoms. The Morgan fingerprint density at radius 2 is 1.66 bits per heavy atom. The van der Waals surface area contributed by atoms with Crippen molar-refractivity contribution in [2.45, 2.75) is 38.6 Å². The summed E-state index contributed by atoms with van der Waals surface area (Å²) in [7, 11) is 0. The highest BCUT2D eigenvalue weighted by atomic mass is 35.5. The highest BCUT2D eigenvalue weighted by Crippen LogP contribution is 2.21. The summed E-state index contributed by atoms with van der Waals surface area (Å²) in [4.78, 5) is 39.2. The van der Waals surface area contributed by atoms with Gasteiger partial charge in [0.15, 0.2) is 0 Å². The lowest BCUT2D eigenvalue weighted by Crippen LogP contribution is -2.51. The second-order valence-corrected chi connectivity index (χ2v) is 10.8. The lowest BCUT2D eigenvalue weighted by atomic mass is 10.0. The Bertz CT molecular complexity index is 1220. The van der Waals surface area contributed by atoms with Crippen LogP contribution in [-0.2, 0) is 28.3 Å². The van der Waals surface area contributed by atoms with E-state index in [0.29, 0.717) is 23.7 Å². The van der Waals surface area contributed by atoms with Crippen LogP contribution in [0.4, 0.5) is 5.69 Å². The van der Waals surface area contributed by atoms with Crippen molar-refractivity contribution < 1.29 is 14.5 Å². The molecule has 1 N–H and O–H groups in total. The molecule has 0 aromatic heterocycles. The number of rotatable bonds is 13. The van der Waals surface area contributed by atoms with Crippen molar-refractivity contribution in [1.82, 2.24) is 10.2 Å². The zero-order valence-electron chi connectivity index (χ0n) is 21.5. The number of halogens is 1. The lowest BCUT2D eigenvalue weighted by molar-refractivity contribution is -0.384. The number of amides is 2. The summed E-state index contributed by atoms with van der Waals surface area (Å²) in [6.07, 6.45) is 0.379. The van der Waals surface area contributed by atoms with E-state index in [0.717, 1.165) is 16.7 Å².